The predicted molar refractivity (Wildman–Crippen MR) is 42.4 cm³/mol. The van der Waals surface area contributed by atoms with Gasteiger partial charge in [0.25, 0.3) is 0 Å². The summed E-state index contributed by atoms with van der Waals surface area (Å²) in [6.07, 6.45) is 3.84. The second kappa shape index (κ2) is 5.77. The normalized spacial score (nSPS) is 13.9. The SMILES string of the molecule is CCCCC(C)SCl. The zero-order valence-corrected chi connectivity index (χ0v) is 7.06. The number of hydrogen-bond acceptors (Lipinski definition) is 1. The molecule has 0 radical (unpaired) electrons. The molecule has 0 rings (SSSR count). The third-order valence-electron chi connectivity index (χ3n) is 1.12. The standard InChI is InChI=1S/C6H13ClS/c1-3-4-5-6(2)8-7/h6H,3-5H2,1-2H3. The Kier molecular flexibility index (Phi) is 6.23. The molecule has 50 valence electrons. The molecule has 0 aliphatic rings. The maximum Gasteiger partial charge on any atom is 0.0171 e. The van der Waals surface area contributed by atoms with Crippen molar-refractivity contribution in [2.24, 2.45) is 0 Å². The minimum absolute atomic E-state index is 0.636. The van der Waals surface area contributed by atoms with Crippen LogP contribution in [-0.4, -0.2) is 5.25 Å². The van der Waals surface area contributed by atoms with Crippen molar-refractivity contribution >= 4 is 21.7 Å². The van der Waals surface area contributed by atoms with Crippen LogP contribution in [0.15, 0.2) is 0 Å². The molecular weight excluding hydrogens is 140 g/mol. The van der Waals surface area contributed by atoms with Crippen LogP contribution in [0.5, 0.6) is 0 Å². The smallest absolute Gasteiger partial charge is 0.0171 e. The Labute approximate surface area is 60.5 Å². The highest BCUT2D eigenvalue weighted by atomic mass is 35.7. The Morgan fingerprint density at radius 2 is 2.25 bits per heavy atom. The third-order valence-corrected chi connectivity index (χ3v) is 2.57. The van der Waals surface area contributed by atoms with Crippen molar-refractivity contribution in [1.82, 2.24) is 0 Å². The Bertz CT molecular complexity index is 47.8. The van der Waals surface area contributed by atoms with Crippen molar-refractivity contribution in [2.75, 3.05) is 0 Å². The van der Waals surface area contributed by atoms with Gasteiger partial charge < -0.3 is 0 Å². The van der Waals surface area contributed by atoms with E-state index >= 15 is 0 Å². The van der Waals surface area contributed by atoms with Gasteiger partial charge in [0.15, 0.2) is 0 Å². The van der Waals surface area contributed by atoms with Gasteiger partial charge in [-0.2, -0.15) is 0 Å². The summed E-state index contributed by atoms with van der Waals surface area (Å²) in [5, 5.41) is 0.636. The van der Waals surface area contributed by atoms with Crippen molar-refractivity contribution in [1.29, 1.82) is 0 Å². The first-order chi connectivity index (χ1) is 3.81. The van der Waals surface area contributed by atoms with E-state index in [0.717, 1.165) is 0 Å². The van der Waals surface area contributed by atoms with E-state index in [1.54, 1.807) is 0 Å². The zero-order chi connectivity index (χ0) is 6.41. The van der Waals surface area contributed by atoms with E-state index in [9.17, 15) is 0 Å². The van der Waals surface area contributed by atoms with Crippen molar-refractivity contribution in [2.45, 2.75) is 38.4 Å². The van der Waals surface area contributed by atoms with E-state index < -0.39 is 0 Å². The lowest BCUT2D eigenvalue weighted by molar-refractivity contribution is 0.715. The Balaban J connectivity index is 2.86. The molecule has 0 aromatic rings. The van der Waals surface area contributed by atoms with Crippen molar-refractivity contribution in [3.8, 4) is 0 Å². The van der Waals surface area contributed by atoms with Crippen molar-refractivity contribution in [3.63, 3.8) is 0 Å². The van der Waals surface area contributed by atoms with Gasteiger partial charge in [-0.3, -0.25) is 0 Å². The molecule has 0 aromatic carbocycles. The first kappa shape index (κ1) is 8.64. The molecule has 0 aliphatic carbocycles. The van der Waals surface area contributed by atoms with Crippen LogP contribution >= 0.6 is 21.7 Å². The molecule has 0 aliphatic heterocycles. The Hall–Kier alpha value is 0.640. The topological polar surface area (TPSA) is 0 Å². The summed E-state index contributed by atoms with van der Waals surface area (Å²) in [5.74, 6) is 0. The van der Waals surface area contributed by atoms with Gasteiger partial charge in [0.05, 0.1) is 0 Å². The van der Waals surface area contributed by atoms with Gasteiger partial charge in [-0.1, -0.05) is 37.7 Å². The fraction of sp³-hybridized carbons (Fsp3) is 1.00. The largest absolute Gasteiger partial charge is 0.0654 e. The van der Waals surface area contributed by atoms with Crippen LogP contribution in [0.25, 0.3) is 0 Å². The van der Waals surface area contributed by atoms with E-state index in [1.807, 2.05) is 0 Å². The van der Waals surface area contributed by atoms with Crippen LogP contribution < -0.4 is 0 Å². The fourth-order valence-corrected chi connectivity index (χ4v) is 1.06. The quantitative estimate of drug-likeness (QED) is 0.595. The Morgan fingerprint density at radius 1 is 1.62 bits per heavy atom. The summed E-state index contributed by atoms with van der Waals surface area (Å²) in [6, 6.07) is 0. The van der Waals surface area contributed by atoms with E-state index in [2.05, 4.69) is 13.8 Å². The molecule has 0 N–H and O–H groups in total. The molecule has 1 atom stereocenters. The molecule has 8 heavy (non-hydrogen) atoms. The summed E-state index contributed by atoms with van der Waals surface area (Å²) >= 11 is 0. The molecule has 0 saturated heterocycles. The van der Waals surface area contributed by atoms with E-state index in [4.69, 9.17) is 10.7 Å². The summed E-state index contributed by atoms with van der Waals surface area (Å²) in [6.45, 7) is 4.36. The predicted octanol–water partition coefficient (Wildman–Crippen LogP) is 3.45. The van der Waals surface area contributed by atoms with Crippen LogP contribution in [0.4, 0.5) is 0 Å². The monoisotopic (exact) mass is 152 g/mol. The molecule has 0 fully saturated rings. The van der Waals surface area contributed by atoms with Crippen LogP contribution in [0, 0.1) is 0 Å². The average Bonchev–Trinajstić information content (AvgIpc) is 1.83. The highest BCUT2D eigenvalue weighted by Gasteiger charge is 1.97. The maximum absolute atomic E-state index is 5.50. The molecule has 0 spiro atoms. The second-order valence-corrected chi connectivity index (χ2v) is 3.56. The minimum atomic E-state index is 0.636. The summed E-state index contributed by atoms with van der Waals surface area (Å²) in [5.41, 5.74) is 0. The van der Waals surface area contributed by atoms with E-state index in [-0.39, 0.29) is 0 Å². The lowest BCUT2D eigenvalue weighted by atomic mass is 10.2. The second-order valence-electron chi connectivity index (χ2n) is 2.04. The van der Waals surface area contributed by atoms with Crippen LogP contribution in [0.2, 0.25) is 0 Å². The molecule has 2 heteroatoms. The zero-order valence-electron chi connectivity index (χ0n) is 5.48. The summed E-state index contributed by atoms with van der Waals surface area (Å²) in [4.78, 5) is 0. The first-order valence-corrected chi connectivity index (χ1v) is 4.79. The highest BCUT2D eigenvalue weighted by molar-refractivity contribution is 8.21. The van der Waals surface area contributed by atoms with E-state index in [0.29, 0.717) is 5.25 Å². The maximum atomic E-state index is 5.50. The van der Waals surface area contributed by atoms with Crippen molar-refractivity contribution < 1.29 is 0 Å². The molecule has 0 aromatic heterocycles. The molecule has 0 saturated carbocycles. The van der Waals surface area contributed by atoms with Gasteiger partial charge in [0.2, 0.25) is 0 Å². The average molecular weight is 153 g/mol. The van der Waals surface area contributed by atoms with Crippen LogP contribution in [0.1, 0.15) is 33.1 Å². The number of hydrogen-bond donors (Lipinski definition) is 0. The van der Waals surface area contributed by atoms with Gasteiger partial charge in [-0.15, -0.1) is 0 Å². The van der Waals surface area contributed by atoms with Gasteiger partial charge in [0, 0.05) is 5.25 Å². The van der Waals surface area contributed by atoms with Crippen LogP contribution in [0.3, 0.4) is 0 Å². The highest BCUT2D eigenvalue weighted by Crippen LogP contribution is 2.19. The van der Waals surface area contributed by atoms with E-state index in [1.165, 1.54) is 30.2 Å². The fourth-order valence-electron chi connectivity index (χ4n) is 0.536. The number of unbranched alkanes of at least 4 members (excludes halogenated alkanes) is 1. The first-order valence-electron chi connectivity index (χ1n) is 3.08. The molecule has 0 amide bonds. The van der Waals surface area contributed by atoms with Crippen molar-refractivity contribution in [3.05, 3.63) is 0 Å². The van der Waals surface area contributed by atoms with Crippen LogP contribution in [-0.2, 0) is 0 Å². The number of halogens is 1. The van der Waals surface area contributed by atoms with Gasteiger partial charge in [-0.25, -0.2) is 0 Å². The third kappa shape index (κ3) is 4.79. The lowest BCUT2D eigenvalue weighted by Gasteiger charge is -2.02. The molecule has 0 heterocycles. The Morgan fingerprint density at radius 3 is 2.62 bits per heavy atom. The van der Waals surface area contributed by atoms with Gasteiger partial charge >= 0.3 is 0 Å². The summed E-state index contributed by atoms with van der Waals surface area (Å²) in [7, 11) is 6.94. The van der Waals surface area contributed by atoms with Gasteiger partial charge in [-0.05, 0) is 17.1 Å². The van der Waals surface area contributed by atoms with Gasteiger partial charge in [0.1, 0.15) is 0 Å². The molecule has 0 nitrogen and oxygen atoms in total. The lowest BCUT2D eigenvalue weighted by Crippen LogP contribution is -1.90. The molecule has 0 bridgehead atoms. The molecule has 1 unspecified atom stereocenters. The minimum Gasteiger partial charge on any atom is -0.0654 e. The number of rotatable bonds is 4. The molecular formula is C6H13ClS. The summed E-state index contributed by atoms with van der Waals surface area (Å²) < 4.78 is 0.